The lowest BCUT2D eigenvalue weighted by atomic mass is 10.0. The van der Waals surface area contributed by atoms with E-state index in [0.29, 0.717) is 18.2 Å². The molecule has 0 bridgehead atoms. The van der Waals surface area contributed by atoms with Crippen molar-refractivity contribution in [2.24, 2.45) is 5.92 Å². The van der Waals surface area contributed by atoms with Gasteiger partial charge in [-0.2, -0.15) is 0 Å². The highest BCUT2D eigenvalue weighted by Gasteiger charge is 2.26. The molecule has 0 aliphatic carbocycles. The minimum atomic E-state index is -0.966. The van der Waals surface area contributed by atoms with E-state index in [1.165, 1.54) is 11.3 Å². The number of nitrogens with zero attached hydrogens (tertiary/aromatic N) is 3. The summed E-state index contributed by atoms with van der Waals surface area (Å²) in [7, 11) is 0. The van der Waals surface area contributed by atoms with Crippen molar-refractivity contribution in [1.82, 2.24) is 14.8 Å². The molecule has 146 valence electrons. The molecule has 1 saturated heterocycles. The summed E-state index contributed by atoms with van der Waals surface area (Å²) in [6.07, 6.45) is -0.0812. The molecule has 0 saturated carbocycles. The van der Waals surface area contributed by atoms with E-state index in [0.717, 1.165) is 36.4 Å². The number of β-amino-alcohol motifs (C(OH)–C–C–N with tert-alkyl or cyclic N) is 1. The summed E-state index contributed by atoms with van der Waals surface area (Å²) in [6.45, 7) is 4.18. The second-order valence-corrected chi connectivity index (χ2v) is 7.67. The number of aliphatic carboxylic acids is 1. The van der Waals surface area contributed by atoms with E-state index < -0.39 is 11.9 Å². The van der Waals surface area contributed by atoms with Crippen LogP contribution in [-0.2, 0) is 9.59 Å². The third-order valence-electron chi connectivity index (χ3n) is 4.68. The van der Waals surface area contributed by atoms with E-state index in [2.05, 4.69) is 20.1 Å². The number of carboxylic acids is 1. The van der Waals surface area contributed by atoms with Crippen molar-refractivity contribution in [2.45, 2.75) is 6.42 Å². The predicted octanol–water partition coefficient (Wildman–Crippen LogP) is 0.936. The predicted molar refractivity (Wildman–Crippen MR) is 104 cm³/mol. The Bertz CT molecular complexity index is 756. The van der Waals surface area contributed by atoms with Gasteiger partial charge in [0.15, 0.2) is 5.13 Å². The highest BCUT2D eigenvalue weighted by atomic mass is 32.1. The third kappa shape index (κ3) is 5.46. The molecule has 1 aromatic heterocycles. The van der Waals surface area contributed by atoms with Gasteiger partial charge >= 0.3 is 5.97 Å². The van der Waals surface area contributed by atoms with Gasteiger partial charge in [-0.3, -0.25) is 19.4 Å². The Morgan fingerprint density at radius 1 is 1.19 bits per heavy atom. The fourth-order valence-electron chi connectivity index (χ4n) is 3.20. The topological polar surface area (TPSA) is 106 Å². The van der Waals surface area contributed by atoms with Crippen molar-refractivity contribution >= 4 is 38.6 Å². The molecule has 2 heterocycles. The molecule has 0 radical (unpaired) electrons. The van der Waals surface area contributed by atoms with Crippen LogP contribution in [0.15, 0.2) is 24.3 Å². The molecule has 8 nitrogen and oxygen atoms in total. The zero-order valence-electron chi connectivity index (χ0n) is 15.0. The summed E-state index contributed by atoms with van der Waals surface area (Å²) in [6, 6.07) is 7.60. The van der Waals surface area contributed by atoms with Gasteiger partial charge in [-0.1, -0.05) is 23.5 Å². The largest absolute Gasteiger partial charge is 0.481 e. The van der Waals surface area contributed by atoms with Gasteiger partial charge in [-0.25, -0.2) is 4.98 Å². The molecule has 1 aliphatic rings. The number of hydrogen-bond donors (Lipinski definition) is 3. The van der Waals surface area contributed by atoms with Crippen molar-refractivity contribution in [1.29, 1.82) is 0 Å². The van der Waals surface area contributed by atoms with E-state index in [1.807, 2.05) is 24.3 Å². The number of rotatable bonds is 8. The number of carbonyl (C=O) groups excluding carboxylic acids is 1. The number of para-hydroxylation sites is 1. The second-order valence-electron chi connectivity index (χ2n) is 6.64. The molecule has 1 fully saturated rings. The standard InChI is InChI=1S/C18H24N4O4S/c23-10-9-21-5-7-22(8-6-21)12-13(17(25)26)11-16(24)20-18-19-14-3-1-2-4-15(14)27-18/h1-4,13,23H,5-12H2,(H,25,26)(H,19,20,24)/t13-/m0/s1. The number of nitrogens with one attached hydrogen (secondary N) is 1. The summed E-state index contributed by atoms with van der Waals surface area (Å²) < 4.78 is 0.975. The molecule has 1 aromatic carbocycles. The maximum Gasteiger partial charge on any atom is 0.308 e. The minimum Gasteiger partial charge on any atom is -0.481 e. The Kier molecular flexibility index (Phi) is 6.73. The van der Waals surface area contributed by atoms with Crippen molar-refractivity contribution < 1.29 is 19.8 Å². The van der Waals surface area contributed by atoms with Crippen LogP contribution in [0, 0.1) is 5.92 Å². The van der Waals surface area contributed by atoms with Gasteiger partial charge in [0.2, 0.25) is 5.91 Å². The summed E-state index contributed by atoms with van der Waals surface area (Å²) >= 11 is 1.37. The highest BCUT2D eigenvalue weighted by Crippen LogP contribution is 2.25. The number of thiazole rings is 1. The Balaban J connectivity index is 1.53. The molecule has 0 unspecified atom stereocenters. The fourth-order valence-corrected chi connectivity index (χ4v) is 4.08. The lowest BCUT2D eigenvalue weighted by molar-refractivity contribution is -0.144. The SMILES string of the molecule is O=C(C[C@@H](CN1CCN(CCO)CC1)C(=O)O)Nc1nc2ccccc2s1. The number of piperazine rings is 1. The number of fused-ring (bicyclic) bond motifs is 1. The van der Waals surface area contributed by atoms with Crippen molar-refractivity contribution in [2.75, 3.05) is 51.2 Å². The molecule has 3 rings (SSSR count). The molecule has 9 heteroatoms. The van der Waals surface area contributed by atoms with Gasteiger partial charge in [-0.05, 0) is 12.1 Å². The molecule has 2 aromatic rings. The number of carbonyl (C=O) groups is 2. The minimum absolute atomic E-state index is 0.0812. The first kappa shape index (κ1) is 19.7. The Labute approximate surface area is 161 Å². The number of aliphatic hydroxyl groups excluding tert-OH is 1. The van der Waals surface area contributed by atoms with Crippen molar-refractivity contribution in [3.8, 4) is 0 Å². The number of benzene rings is 1. The third-order valence-corrected chi connectivity index (χ3v) is 5.63. The lowest BCUT2D eigenvalue weighted by Gasteiger charge is -2.35. The van der Waals surface area contributed by atoms with E-state index in [-0.39, 0.29) is 18.9 Å². The number of carboxylic acid groups (broad SMARTS) is 1. The van der Waals surface area contributed by atoms with Crippen LogP contribution in [0.5, 0.6) is 0 Å². The second kappa shape index (κ2) is 9.23. The molecular formula is C18H24N4O4S. The smallest absolute Gasteiger partial charge is 0.308 e. The van der Waals surface area contributed by atoms with E-state index in [4.69, 9.17) is 5.11 Å². The van der Waals surface area contributed by atoms with Gasteiger partial charge in [0.05, 0.1) is 22.7 Å². The summed E-state index contributed by atoms with van der Waals surface area (Å²) in [4.78, 5) is 32.5. The van der Waals surface area contributed by atoms with E-state index in [1.54, 1.807) is 0 Å². The van der Waals surface area contributed by atoms with Gasteiger partial charge < -0.3 is 15.5 Å². The lowest BCUT2D eigenvalue weighted by Crippen LogP contribution is -2.49. The molecule has 1 amide bonds. The van der Waals surface area contributed by atoms with Crippen LogP contribution in [0.25, 0.3) is 10.2 Å². The van der Waals surface area contributed by atoms with Crippen LogP contribution in [-0.4, -0.2) is 82.7 Å². The van der Waals surface area contributed by atoms with Crippen LogP contribution in [0.1, 0.15) is 6.42 Å². The van der Waals surface area contributed by atoms with Crippen LogP contribution in [0.4, 0.5) is 5.13 Å². The number of hydrogen-bond acceptors (Lipinski definition) is 7. The fraction of sp³-hybridized carbons (Fsp3) is 0.500. The van der Waals surface area contributed by atoms with Crippen LogP contribution in [0.2, 0.25) is 0 Å². The zero-order valence-corrected chi connectivity index (χ0v) is 15.8. The monoisotopic (exact) mass is 392 g/mol. The molecule has 1 aliphatic heterocycles. The first-order valence-electron chi connectivity index (χ1n) is 8.99. The number of aliphatic hydroxyl groups is 1. The van der Waals surface area contributed by atoms with Gasteiger partial charge in [0.1, 0.15) is 0 Å². The molecule has 1 atom stereocenters. The van der Waals surface area contributed by atoms with Crippen LogP contribution < -0.4 is 5.32 Å². The quantitative estimate of drug-likeness (QED) is 0.614. The Morgan fingerprint density at radius 3 is 2.56 bits per heavy atom. The maximum absolute atomic E-state index is 12.3. The van der Waals surface area contributed by atoms with Gasteiger partial charge in [0.25, 0.3) is 0 Å². The first-order chi connectivity index (χ1) is 13.0. The van der Waals surface area contributed by atoms with Gasteiger partial charge in [-0.15, -0.1) is 0 Å². The molecular weight excluding hydrogens is 368 g/mol. The maximum atomic E-state index is 12.3. The number of amides is 1. The first-order valence-corrected chi connectivity index (χ1v) is 9.80. The average molecular weight is 392 g/mol. The molecule has 3 N–H and O–H groups in total. The summed E-state index contributed by atoms with van der Waals surface area (Å²) in [5.41, 5.74) is 0.813. The molecule has 0 spiro atoms. The van der Waals surface area contributed by atoms with Gasteiger partial charge in [0, 0.05) is 45.7 Å². The number of anilines is 1. The normalized spacial score (nSPS) is 17.1. The highest BCUT2D eigenvalue weighted by molar-refractivity contribution is 7.22. The van der Waals surface area contributed by atoms with Crippen molar-refractivity contribution in [3.05, 3.63) is 24.3 Å². The Hall–Kier alpha value is -2.07. The number of aromatic nitrogens is 1. The van der Waals surface area contributed by atoms with Crippen molar-refractivity contribution in [3.63, 3.8) is 0 Å². The van der Waals surface area contributed by atoms with Crippen LogP contribution in [0.3, 0.4) is 0 Å². The summed E-state index contributed by atoms with van der Waals surface area (Å²) in [5.74, 6) is -2.06. The van der Waals surface area contributed by atoms with E-state index >= 15 is 0 Å². The zero-order chi connectivity index (χ0) is 19.2. The van der Waals surface area contributed by atoms with Crippen LogP contribution >= 0.6 is 11.3 Å². The summed E-state index contributed by atoms with van der Waals surface area (Å²) in [5, 5.41) is 21.7. The average Bonchev–Trinajstić information content (AvgIpc) is 3.05. The van der Waals surface area contributed by atoms with E-state index in [9.17, 15) is 14.7 Å². The Morgan fingerprint density at radius 2 is 1.89 bits per heavy atom. The molecule has 27 heavy (non-hydrogen) atoms.